The molecule has 1 heterocycles. The van der Waals surface area contributed by atoms with E-state index in [1.807, 2.05) is 12.2 Å². The normalized spacial score (nSPS) is 28.3. The standard InChI is InChI=1S/C20H31NO3S/c1-14(2)5-4-10-25-19-18(24-20(22)23)6-3-9-21(19)13-17-12-15-7-8-16(17)11-15/h3,6,14-17H,4-5,7-13H2,1-2H3,(H,22,23). The van der Waals surface area contributed by atoms with Gasteiger partial charge in [0.05, 0.1) is 0 Å². The van der Waals surface area contributed by atoms with Crippen molar-refractivity contribution < 1.29 is 14.6 Å². The number of hydrogen-bond acceptors (Lipinski definition) is 4. The number of thioether (sulfide) groups is 1. The molecule has 25 heavy (non-hydrogen) atoms. The van der Waals surface area contributed by atoms with Gasteiger partial charge in [0.1, 0.15) is 5.03 Å². The summed E-state index contributed by atoms with van der Waals surface area (Å²) in [5.74, 6) is 4.82. The van der Waals surface area contributed by atoms with Crippen LogP contribution in [-0.4, -0.2) is 35.0 Å². The summed E-state index contributed by atoms with van der Waals surface area (Å²) < 4.78 is 5.09. The van der Waals surface area contributed by atoms with E-state index in [9.17, 15) is 4.79 Å². The molecule has 0 saturated heterocycles. The van der Waals surface area contributed by atoms with Gasteiger partial charge >= 0.3 is 6.16 Å². The predicted octanol–water partition coefficient (Wildman–Crippen LogP) is 5.33. The lowest BCUT2D eigenvalue weighted by molar-refractivity contribution is 0.118. The van der Waals surface area contributed by atoms with Crippen LogP contribution < -0.4 is 0 Å². The van der Waals surface area contributed by atoms with Crippen molar-refractivity contribution in [3.05, 3.63) is 22.9 Å². The maximum absolute atomic E-state index is 11.1. The molecule has 0 aromatic heterocycles. The fraction of sp³-hybridized carbons (Fsp3) is 0.750. The number of ether oxygens (including phenoxy) is 1. The molecule has 2 aliphatic carbocycles. The van der Waals surface area contributed by atoms with Crippen molar-refractivity contribution in [2.45, 2.75) is 52.4 Å². The first-order chi connectivity index (χ1) is 12.0. The van der Waals surface area contributed by atoms with Crippen LogP contribution in [0, 0.1) is 23.7 Å². The average Bonchev–Trinajstić information content (AvgIpc) is 3.15. The number of rotatable bonds is 8. The van der Waals surface area contributed by atoms with E-state index in [-0.39, 0.29) is 0 Å². The first-order valence-corrected chi connectivity index (χ1v) is 10.7. The number of carbonyl (C=O) groups is 1. The van der Waals surface area contributed by atoms with Gasteiger partial charge < -0.3 is 14.7 Å². The molecule has 0 radical (unpaired) electrons. The molecule has 5 heteroatoms. The monoisotopic (exact) mass is 365 g/mol. The van der Waals surface area contributed by atoms with Gasteiger partial charge in [-0.05, 0) is 61.2 Å². The van der Waals surface area contributed by atoms with Crippen LogP contribution in [0.25, 0.3) is 0 Å². The maximum Gasteiger partial charge on any atom is 0.511 e. The Morgan fingerprint density at radius 3 is 2.88 bits per heavy atom. The highest BCUT2D eigenvalue weighted by Gasteiger charge is 2.40. The number of nitrogens with zero attached hydrogens (tertiary/aromatic N) is 1. The molecule has 0 aromatic rings. The summed E-state index contributed by atoms with van der Waals surface area (Å²) in [6.07, 6.45) is 10.6. The second-order valence-corrected chi connectivity index (χ2v) is 9.25. The summed E-state index contributed by atoms with van der Waals surface area (Å²) in [6, 6.07) is 0. The lowest BCUT2D eigenvalue weighted by Gasteiger charge is -2.34. The summed E-state index contributed by atoms with van der Waals surface area (Å²) in [5, 5.41) is 10.1. The van der Waals surface area contributed by atoms with Gasteiger partial charge in [-0.1, -0.05) is 32.8 Å². The first kappa shape index (κ1) is 18.7. The van der Waals surface area contributed by atoms with E-state index in [0.29, 0.717) is 11.7 Å². The minimum Gasteiger partial charge on any atom is -0.449 e. The molecule has 0 spiro atoms. The molecular formula is C20H31NO3S. The van der Waals surface area contributed by atoms with Gasteiger partial charge in [0, 0.05) is 13.1 Å². The molecule has 3 atom stereocenters. The summed E-state index contributed by atoms with van der Waals surface area (Å²) in [6.45, 7) is 6.40. The van der Waals surface area contributed by atoms with E-state index < -0.39 is 6.16 Å². The van der Waals surface area contributed by atoms with Crippen LogP contribution in [0.3, 0.4) is 0 Å². The van der Waals surface area contributed by atoms with Gasteiger partial charge in [-0.25, -0.2) is 4.79 Å². The smallest absolute Gasteiger partial charge is 0.449 e. The zero-order valence-corrected chi connectivity index (χ0v) is 16.3. The minimum atomic E-state index is -1.22. The van der Waals surface area contributed by atoms with Crippen molar-refractivity contribution in [3.8, 4) is 0 Å². The van der Waals surface area contributed by atoms with Gasteiger partial charge in [-0.2, -0.15) is 0 Å². The van der Waals surface area contributed by atoms with Crippen molar-refractivity contribution >= 4 is 17.9 Å². The SMILES string of the molecule is CC(C)CCCSC1=C(OC(=O)O)C=CCN1CC1CC2CCC1C2. The molecule has 3 unspecified atom stereocenters. The molecule has 1 N–H and O–H groups in total. The molecule has 0 amide bonds. The zero-order valence-electron chi connectivity index (χ0n) is 15.4. The van der Waals surface area contributed by atoms with Crippen LogP contribution in [0.5, 0.6) is 0 Å². The van der Waals surface area contributed by atoms with Crippen LogP contribution in [0.4, 0.5) is 4.79 Å². The van der Waals surface area contributed by atoms with E-state index >= 15 is 0 Å². The Bertz CT molecular complexity index is 543. The minimum absolute atomic E-state index is 0.511. The Labute approximate surface area is 155 Å². The predicted molar refractivity (Wildman–Crippen MR) is 102 cm³/mol. The highest BCUT2D eigenvalue weighted by atomic mass is 32.2. The van der Waals surface area contributed by atoms with Crippen molar-refractivity contribution in [1.29, 1.82) is 0 Å². The molecule has 3 aliphatic rings. The van der Waals surface area contributed by atoms with E-state index in [0.717, 1.165) is 48.0 Å². The van der Waals surface area contributed by atoms with E-state index in [1.165, 1.54) is 32.1 Å². The van der Waals surface area contributed by atoms with Gasteiger partial charge in [-0.15, -0.1) is 11.8 Å². The third-order valence-electron chi connectivity index (χ3n) is 5.79. The lowest BCUT2D eigenvalue weighted by atomic mass is 9.88. The van der Waals surface area contributed by atoms with Crippen molar-refractivity contribution in [2.75, 3.05) is 18.8 Å². The third-order valence-corrected chi connectivity index (χ3v) is 7.02. The van der Waals surface area contributed by atoms with Crippen LogP contribution in [0.15, 0.2) is 22.9 Å². The fourth-order valence-electron chi connectivity index (χ4n) is 4.63. The Morgan fingerprint density at radius 1 is 1.40 bits per heavy atom. The van der Waals surface area contributed by atoms with Crippen LogP contribution in [0.1, 0.15) is 52.4 Å². The van der Waals surface area contributed by atoms with Crippen LogP contribution in [0.2, 0.25) is 0 Å². The quantitative estimate of drug-likeness (QED) is 0.465. The van der Waals surface area contributed by atoms with E-state index in [2.05, 4.69) is 18.7 Å². The van der Waals surface area contributed by atoms with E-state index in [1.54, 1.807) is 11.8 Å². The Morgan fingerprint density at radius 2 is 2.24 bits per heavy atom. The highest BCUT2D eigenvalue weighted by molar-refractivity contribution is 8.03. The number of hydrogen-bond donors (Lipinski definition) is 1. The van der Waals surface area contributed by atoms with Crippen molar-refractivity contribution in [2.24, 2.45) is 23.7 Å². The zero-order chi connectivity index (χ0) is 17.8. The lowest BCUT2D eigenvalue weighted by Crippen LogP contribution is -2.33. The molecule has 2 saturated carbocycles. The third kappa shape index (κ3) is 4.96. The maximum atomic E-state index is 11.1. The highest BCUT2D eigenvalue weighted by Crippen LogP contribution is 2.49. The second kappa shape index (κ2) is 8.52. The molecular weight excluding hydrogens is 334 g/mol. The largest absolute Gasteiger partial charge is 0.511 e. The molecule has 140 valence electrons. The average molecular weight is 366 g/mol. The van der Waals surface area contributed by atoms with Gasteiger partial charge in [0.25, 0.3) is 0 Å². The number of allylic oxidation sites excluding steroid dienone is 1. The first-order valence-electron chi connectivity index (χ1n) is 9.72. The van der Waals surface area contributed by atoms with E-state index in [4.69, 9.17) is 9.84 Å². The van der Waals surface area contributed by atoms with Gasteiger partial charge in [0.15, 0.2) is 5.76 Å². The fourth-order valence-corrected chi connectivity index (χ4v) is 5.72. The summed E-state index contributed by atoms with van der Waals surface area (Å²) in [4.78, 5) is 13.4. The number of carboxylic acid groups (broad SMARTS) is 1. The molecule has 2 bridgehead atoms. The molecule has 3 rings (SSSR count). The van der Waals surface area contributed by atoms with Crippen molar-refractivity contribution in [3.63, 3.8) is 0 Å². The summed E-state index contributed by atoms with van der Waals surface area (Å²) >= 11 is 1.77. The second-order valence-electron chi connectivity index (χ2n) is 8.16. The van der Waals surface area contributed by atoms with Crippen LogP contribution in [-0.2, 0) is 4.74 Å². The van der Waals surface area contributed by atoms with Crippen LogP contribution >= 0.6 is 11.8 Å². The van der Waals surface area contributed by atoms with Gasteiger partial charge in [0.2, 0.25) is 0 Å². The summed E-state index contributed by atoms with van der Waals surface area (Å²) in [7, 11) is 0. The van der Waals surface area contributed by atoms with Crippen molar-refractivity contribution in [1.82, 2.24) is 4.90 Å². The Balaban J connectivity index is 1.65. The number of fused-ring (bicyclic) bond motifs is 2. The van der Waals surface area contributed by atoms with Gasteiger partial charge in [-0.3, -0.25) is 0 Å². The molecule has 0 aromatic carbocycles. The summed E-state index contributed by atoms with van der Waals surface area (Å²) in [5.41, 5.74) is 0. The topological polar surface area (TPSA) is 49.8 Å². The molecule has 1 aliphatic heterocycles. The molecule has 2 fully saturated rings. The Kier molecular flexibility index (Phi) is 6.37. The Hall–Kier alpha value is -1.10. The molecule has 4 nitrogen and oxygen atoms in total.